The van der Waals surface area contributed by atoms with Gasteiger partial charge in [-0.05, 0) is 12.0 Å². The van der Waals surface area contributed by atoms with Crippen LogP contribution in [0.4, 0.5) is 0 Å². The monoisotopic (exact) mass is 196 g/mol. The fourth-order valence-electron chi connectivity index (χ4n) is 1.55. The summed E-state index contributed by atoms with van der Waals surface area (Å²) in [6.07, 6.45) is 2.40. The number of benzene rings is 1. The van der Waals surface area contributed by atoms with Crippen LogP contribution in [0.2, 0.25) is 0 Å². The van der Waals surface area contributed by atoms with E-state index in [1.54, 1.807) is 6.08 Å². The van der Waals surface area contributed by atoms with Gasteiger partial charge in [0, 0.05) is 5.92 Å². The van der Waals surface area contributed by atoms with E-state index < -0.39 is 5.92 Å². The SMILES string of the molecule is C=CCC(c1ccccc1)C(C#N)C#N. The lowest BCUT2D eigenvalue weighted by molar-refractivity contribution is 0.620. The molecule has 0 amide bonds. The Morgan fingerprint density at radius 2 is 1.80 bits per heavy atom. The van der Waals surface area contributed by atoms with Gasteiger partial charge < -0.3 is 0 Å². The first kappa shape index (κ1) is 11.0. The molecule has 1 aromatic rings. The van der Waals surface area contributed by atoms with Gasteiger partial charge in [0.05, 0.1) is 12.1 Å². The molecule has 1 atom stereocenters. The minimum atomic E-state index is -0.606. The Labute approximate surface area is 90.1 Å². The third-order valence-corrected chi connectivity index (χ3v) is 2.33. The second-order valence-corrected chi connectivity index (χ2v) is 3.28. The second kappa shape index (κ2) is 5.62. The van der Waals surface area contributed by atoms with Gasteiger partial charge >= 0.3 is 0 Å². The first-order valence-corrected chi connectivity index (χ1v) is 4.78. The fourth-order valence-corrected chi connectivity index (χ4v) is 1.55. The first-order chi connectivity index (χ1) is 7.33. The fraction of sp³-hybridized carbons (Fsp3) is 0.231. The Balaban J connectivity index is 2.99. The van der Waals surface area contributed by atoms with E-state index in [0.29, 0.717) is 6.42 Å². The molecule has 15 heavy (non-hydrogen) atoms. The van der Waals surface area contributed by atoms with Gasteiger partial charge in [0.25, 0.3) is 0 Å². The highest BCUT2D eigenvalue weighted by molar-refractivity contribution is 5.25. The van der Waals surface area contributed by atoms with Gasteiger partial charge in [-0.2, -0.15) is 10.5 Å². The summed E-state index contributed by atoms with van der Waals surface area (Å²) in [5.41, 5.74) is 1.02. The molecule has 1 unspecified atom stereocenters. The second-order valence-electron chi connectivity index (χ2n) is 3.28. The minimum absolute atomic E-state index is 0.0706. The maximum absolute atomic E-state index is 8.88. The molecule has 74 valence electrons. The predicted octanol–water partition coefficient (Wildman–Crippen LogP) is 3.01. The van der Waals surface area contributed by atoms with Crippen LogP contribution in [-0.2, 0) is 0 Å². The summed E-state index contributed by atoms with van der Waals surface area (Å²) in [6.45, 7) is 3.66. The van der Waals surface area contributed by atoms with Crippen LogP contribution in [-0.4, -0.2) is 0 Å². The van der Waals surface area contributed by atoms with Gasteiger partial charge in [-0.3, -0.25) is 0 Å². The molecule has 0 fully saturated rings. The Hall–Kier alpha value is -2.06. The van der Waals surface area contributed by atoms with E-state index in [0.717, 1.165) is 5.56 Å². The molecule has 0 aliphatic heterocycles. The summed E-state index contributed by atoms with van der Waals surface area (Å²) in [6, 6.07) is 13.7. The van der Waals surface area contributed by atoms with Crippen LogP contribution >= 0.6 is 0 Å². The molecule has 1 aromatic carbocycles. The summed E-state index contributed by atoms with van der Waals surface area (Å²) < 4.78 is 0. The lowest BCUT2D eigenvalue weighted by Gasteiger charge is -2.15. The summed E-state index contributed by atoms with van der Waals surface area (Å²) >= 11 is 0. The minimum Gasteiger partial charge on any atom is -0.197 e. The van der Waals surface area contributed by atoms with Crippen molar-refractivity contribution < 1.29 is 0 Å². The highest BCUT2D eigenvalue weighted by atomic mass is 14.3. The van der Waals surface area contributed by atoms with Gasteiger partial charge in [0.1, 0.15) is 5.92 Å². The molecule has 0 spiro atoms. The normalized spacial score (nSPS) is 11.4. The molecule has 0 bridgehead atoms. The largest absolute Gasteiger partial charge is 0.197 e. The van der Waals surface area contributed by atoms with E-state index in [1.165, 1.54) is 0 Å². The molecule has 0 saturated carbocycles. The number of allylic oxidation sites excluding steroid dienone is 1. The van der Waals surface area contributed by atoms with E-state index in [-0.39, 0.29) is 5.92 Å². The lowest BCUT2D eigenvalue weighted by Crippen LogP contribution is -2.08. The van der Waals surface area contributed by atoms with Gasteiger partial charge in [-0.25, -0.2) is 0 Å². The zero-order valence-electron chi connectivity index (χ0n) is 8.43. The van der Waals surface area contributed by atoms with Crippen molar-refractivity contribution >= 4 is 0 Å². The Morgan fingerprint density at radius 1 is 1.20 bits per heavy atom. The van der Waals surface area contributed by atoms with Crippen molar-refractivity contribution in [3.8, 4) is 12.1 Å². The summed E-state index contributed by atoms with van der Waals surface area (Å²) in [5, 5.41) is 17.8. The third kappa shape index (κ3) is 2.69. The molecule has 0 N–H and O–H groups in total. The number of nitriles is 2. The molecule has 0 radical (unpaired) electrons. The maximum atomic E-state index is 8.88. The zero-order chi connectivity index (χ0) is 11.1. The van der Waals surface area contributed by atoms with Crippen LogP contribution in [0.5, 0.6) is 0 Å². The van der Waals surface area contributed by atoms with Crippen molar-refractivity contribution in [1.29, 1.82) is 10.5 Å². The standard InChI is InChI=1S/C13H12N2/c1-2-6-13(12(9-14)10-15)11-7-4-3-5-8-11/h2-5,7-8,12-13H,1,6H2. The van der Waals surface area contributed by atoms with Crippen molar-refractivity contribution in [3.05, 3.63) is 48.6 Å². The summed E-state index contributed by atoms with van der Waals surface area (Å²) in [5.74, 6) is -0.677. The number of hydrogen-bond donors (Lipinski definition) is 0. The van der Waals surface area contributed by atoms with Crippen molar-refractivity contribution in [2.24, 2.45) is 5.92 Å². The highest BCUT2D eigenvalue weighted by Crippen LogP contribution is 2.27. The maximum Gasteiger partial charge on any atom is 0.140 e. The molecular weight excluding hydrogens is 184 g/mol. The molecular formula is C13H12N2. The number of rotatable bonds is 4. The zero-order valence-corrected chi connectivity index (χ0v) is 8.43. The Morgan fingerprint density at radius 3 is 2.27 bits per heavy atom. The van der Waals surface area contributed by atoms with Crippen molar-refractivity contribution in [2.45, 2.75) is 12.3 Å². The molecule has 0 aromatic heterocycles. The van der Waals surface area contributed by atoms with Gasteiger partial charge in [-0.1, -0.05) is 36.4 Å². The van der Waals surface area contributed by atoms with Crippen LogP contribution in [0.25, 0.3) is 0 Å². The molecule has 2 nitrogen and oxygen atoms in total. The third-order valence-electron chi connectivity index (χ3n) is 2.33. The van der Waals surface area contributed by atoms with Crippen LogP contribution < -0.4 is 0 Å². The van der Waals surface area contributed by atoms with Gasteiger partial charge in [-0.15, -0.1) is 6.58 Å². The average Bonchev–Trinajstić information content (AvgIpc) is 2.30. The van der Waals surface area contributed by atoms with E-state index in [2.05, 4.69) is 6.58 Å². The molecule has 0 aliphatic carbocycles. The van der Waals surface area contributed by atoms with Crippen molar-refractivity contribution in [1.82, 2.24) is 0 Å². The van der Waals surface area contributed by atoms with Crippen molar-refractivity contribution in [2.75, 3.05) is 0 Å². The Bertz CT molecular complexity index is 381. The van der Waals surface area contributed by atoms with Crippen LogP contribution in [0.15, 0.2) is 43.0 Å². The van der Waals surface area contributed by atoms with Gasteiger partial charge in [0.15, 0.2) is 0 Å². The van der Waals surface area contributed by atoms with Crippen LogP contribution in [0, 0.1) is 28.6 Å². The van der Waals surface area contributed by atoms with E-state index in [9.17, 15) is 0 Å². The quantitative estimate of drug-likeness (QED) is 0.695. The summed E-state index contributed by atoms with van der Waals surface area (Å²) in [7, 11) is 0. The number of hydrogen-bond acceptors (Lipinski definition) is 2. The topological polar surface area (TPSA) is 47.6 Å². The first-order valence-electron chi connectivity index (χ1n) is 4.78. The van der Waals surface area contributed by atoms with Crippen LogP contribution in [0.3, 0.4) is 0 Å². The molecule has 1 rings (SSSR count). The summed E-state index contributed by atoms with van der Waals surface area (Å²) in [4.78, 5) is 0. The lowest BCUT2D eigenvalue weighted by atomic mass is 9.85. The highest BCUT2D eigenvalue weighted by Gasteiger charge is 2.21. The van der Waals surface area contributed by atoms with Gasteiger partial charge in [0.2, 0.25) is 0 Å². The van der Waals surface area contributed by atoms with E-state index in [4.69, 9.17) is 10.5 Å². The predicted molar refractivity (Wildman–Crippen MR) is 58.7 cm³/mol. The molecule has 0 aliphatic rings. The van der Waals surface area contributed by atoms with Crippen molar-refractivity contribution in [3.63, 3.8) is 0 Å². The molecule has 2 heteroatoms. The van der Waals surface area contributed by atoms with Crippen LogP contribution in [0.1, 0.15) is 17.9 Å². The average molecular weight is 196 g/mol. The Kier molecular flexibility index (Phi) is 4.13. The smallest absolute Gasteiger partial charge is 0.140 e. The van der Waals surface area contributed by atoms with E-state index in [1.807, 2.05) is 42.5 Å². The number of nitrogens with zero attached hydrogens (tertiary/aromatic N) is 2. The van der Waals surface area contributed by atoms with E-state index >= 15 is 0 Å². The molecule has 0 saturated heterocycles. The molecule has 0 heterocycles.